The first kappa shape index (κ1) is 17.9. The Morgan fingerprint density at radius 3 is 2.50 bits per heavy atom. The van der Waals surface area contributed by atoms with Crippen LogP contribution in [0, 0.1) is 0 Å². The molecule has 0 saturated carbocycles. The minimum absolute atomic E-state index is 0.00577. The quantitative estimate of drug-likeness (QED) is 0.569. The Bertz CT molecular complexity index is 598. The van der Waals surface area contributed by atoms with Gasteiger partial charge in [-0.05, 0) is 30.9 Å². The van der Waals surface area contributed by atoms with E-state index in [0.717, 1.165) is 36.7 Å². The minimum atomic E-state index is -0.395. The number of imide groups is 1. The number of aryl methyl sites for hydroxylation is 1. The van der Waals surface area contributed by atoms with Crippen LogP contribution in [0.2, 0.25) is 0 Å². The average Bonchev–Trinajstić information content (AvgIpc) is 2.61. The van der Waals surface area contributed by atoms with Gasteiger partial charge in [-0.15, -0.1) is 0 Å². The number of rotatable bonds is 7. The zero-order valence-corrected chi connectivity index (χ0v) is 13.9. The van der Waals surface area contributed by atoms with Gasteiger partial charge >= 0.3 is 0 Å². The molecule has 0 atom stereocenters. The Labute approximate surface area is 142 Å². The summed E-state index contributed by atoms with van der Waals surface area (Å²) in [6.45, 7) is 4.03. The predicted octanol–water partition coefficient (Wildman–Crippen LogP) is 2.17. The van der Waals surface area contributed by atoms with Gasteiger partial charge in [-0.3, -0.25) is 19.3 Å². The van der Waals surface area contributed by atoms with E-state index in [1.807, 2.05) is 18.2 Å². The van der Waals surface area contributed by atoms with Crippen molar-refractivity contribution in [2.24, 2.45) is 0 Å². The van der Waals surface area contributed by atoms with E-state index in [2.05, 4.69) is 18.7 Å². The lowest BCUT2D eigenvalue weighted by Gasteiger charge is -2.32. The number of amides is 3. The highest BCUT2D eigenvalue weighted by Crippen LogP contribution is 2.11. The van der Waals surface area contributed by atoms with E-state index in [-0.39, 0.29) is 24.9 Å². The average molecular weight is 328 g/mol. The van der Waals surface area contributed by atoms with Gasteiger partial charge in [0.25, 0.3) is 5.91 Å². The molecule has 0 aliphatic carbocycles. The second-order valence-electron chi connectivity index (χ2n) is 5.95. The van der Waals surface area contributed by atoms with Crippen molar-refractivity contribution in [2.45, 2.75) is 32.1 Å². The first-order valence-electron chi connectivity index (χ1n) is 8.40. The van der Waals surface area contributed by atoms with Crippen LogP contribution in [0.5, 0.6) is 0 Å². The van der Waals surface area contributed by atoms with Crippen LogP contribution in [-0.4, -0.2) is 47.2 Å². The highest BCUT2D eigenvalue weighted by atomic mass is 16.2. The van der Waals surface area contributed by atoms with Crippen LogP contribution in [0.3, 0.4) is 0 Å². The molecule has 1 aliphatic heterocycles. The van der Waals surface area contributed by atoms with Gasteiger partial charge in [-0.25, -0.2) is 0 Å². The van der Waals surface area contributed by atoms with Gasteiger partial charge in [0.1, 0.15) is 6.54 Å². The second-order valence-corrected chi connectivity index (χ2v) is 5.95. The van der Waals surface area contributed by atoms with Crippen molar-refractivity contribution >= 4 is 17.7 Å². The lowest BCUT2D eigenvalue weighted by atomic mass is 10.1. The molecule has 128 valence electrons. The van der Waals surface area contributed by atoms with Crippen LogP contribution in [0.1, 0.15) is 31.2 Å². The molecule has 1 heterocycles. The van der Waals surface area contributed by atoms with Crippen LogP contribution in [0.15, 0.2) is 43.0 Å². The summed E-state index contributed by atoms with van der Waals surface area (Å²) in [5, 5.41) is 0. The molecule has 0 unspecified atom stereocenters. The summed E-state index contributed by atoms with van der Waals surface area (Å²) in [5.41, 5.74) is 1.32. The molecule has 2 rings (SSSR count). The molecule has 0 spiro atoms. The van der Waals surface area contributed by atoms with Crippen molar-refractivity contribution in [3.63, 3.8) is 0 Å². The molecule has 1 saturated heterocycles. The SMILES string of the molecule is C=CC(=O)N1CCN(C(=O)CCCCCc2ccccc2)CC1=O. The fraction of sp³-hybridized carbons (Fsp3) is 0.421. The zero-order chi connectivity index (χ0) is 17.4. The van der Waals surface area contributed by atoms with E-state index in [1.54, 1.807) is 4.90 Å². The highest BCUT2D eigenvalue weighted by molar-refractivity contribution is 6.02. The summed E-state index contributed by atoms with van der Waals surface area (Å²) in [5.74, 6) is -0.731. The third-order valence-electron chi connectivity index (χ3n) is 4.21. The molecule has 1 aliphatic rings. The van der Waals surface area contributed by atoms with Gasteiger partial charge in [0.2, 0.25) is 11.8 Å². The van der Waals surface area contributed by atoms with Crippen molar-refractivity contribution in [3.05, 3.63) is 48.6 Å². The van der Waals surface area contributed by atoms with Crippen molar-refractivity contribution in [1.82, 2.24) is 9.80 Å². The molecule has 0 radical (unpaired) electrons. The van der Waals surface area contributed by atoms with Gasteiger partial charge < -0.3 is 4.90 Å². The molecule has 1 aromatic rings. The number of hydrogen-bond donors (Lipinski definition) is 0. The van der Waals surface area contributed by atoms with Crippen LogP contribution in [0.25, 0.3) is 0 Å². The number of nitrogens with zero attached hydrogens (tertiary/aromatic N) is 2. The van der Waals surface area contributed by atoms with Gasteiger partial charge in [0, 0.05) is 19.5 Å². The highest BCUT2D eigenvalue weighted by Gasteiger charge is 2.29. The third kappa shape index (κ3) is 5.05. The molecule has 0 bridgehead atoms. The Hall–Kier alpha value is -2.43. The minimum Gasteiger partial charge on any atom is -0.332 e. The normalized spacial score (nSPS) is 14.6. The molecular weight excluding hydrogens is 304 g/mol. The number of hydrogen-bond acceptors (Lipinski definition) is 3. The van der Waals surface area contributed by atoms with E-state index in [4.69, 9.17) is 0 Å². The summed E-state index contributed by atoms with van der Waals surface area (Å²) in [6.07, 6.45) is 5.47. The number of carbonyl (C=O) groups is 3. The molecule has 1 aromatic carbocycles. The van der Waals surface area contributed by atoms with E-state index >= 15 is 0 Å². The van der Waals surface area contributed by atoms with E-state index < -0.39 is 5.91 Å². The lowest BCUT2D eigenvalue weighted by Crippen LogP contribution is -2.53. The summed E-state index contributed by atoms with van der Waals surface area (Å²) >= 11 is 0. The van der Waals surface area contributed by atoms with Gasteiger partial charge in [0.05, 0.1) is 0 Å². The van der Waals surface area contributed by atoms with E-state index in [0.29, 0.717) is 13.0 Å². The number of carbonyl (C=O) groups excluding carboxylic acids is 3. The Balaban J connectivity index is 1.65. The molecule has 5 heteroatoms. The molecule has 0 aromatic heterocycles. The fourth-order valence-corrected chi connectivity index (χ4v) is 2.81. The van der Waals surface area contributed by atoms with Crippen LogP contribution < -0.4 is 0 Å². The molecule has 3 amide bonds. The van der Waals surface area contributed by atoms with Crippen LogP contribution in [-0.2, 0) is 20.8 Å². The maximum absolute atomic E-state index is 12.2. The van der Waals surface area contributed by atoms with E-state index in [9.17, 15) is 14.4 Å². The van der Waals surface area contributed by atoms with Crippen molar-refractivity contribution in [1.29, 1.82) is 0 Å². The van der Waals surface area contributed by atoms with E-state index in [1.165, 1.54) is 5.56 Å². The second kappa shape index (κ2) is 9.01. The smallest absolute Gasteiger partial charge is 0.252 e. The zero-order valence-electron chi connectivity index (χ0n) is 13.9. The van der Waals surface area contributed by atoms with Crippen molar-refractivity contribution < 1.29 is 14.4 Å². The molecule has 5 nitrogen and oxygen atoms in total. The number of piperazine rings is 1. The maximum atomic E-state index is 12.2. The Kier molecular flexibility index (Phi) is 6.73. The van der Waals surface area contributed by atoms with Gasteiger partial charge in [-0.1, -0.05) is 43.3 Å². The Morgan fingerprint density at radius 2 is 1.83 bits per heavy atom. The lowest BCUT2D eigenvalue weighted by molar-refractivity contribution is -0.151. The summed E-state index contributed by atoms with van der Waals surface area (Å²) in [7, 11) is 0. The monoisotopic (exact) mass is 328 g/mol. The molecular formula is C19H24N2O3. The largest absolute Gasteiger partial charge is 0.332 e. The molecule has 1 fully saturated rings. The van der Waals surface area contributed by atoms with Crippen LogP contribution >= 0.6 is 0 Å². The molecule has 24 heavy (non-hydrogen) atoms. The van der Waals surface area contributed by atoms with Gasteiger partial charge in [-0.2, -0.15) is 0 Å². The van der Waals surface area contributed by atoms with Crippen LogP contribution in [0.4, 0.5) is 0 Å². The number of unbranched alkanes of at least 4 members (excludes halogenated alkanes) is 2. The summed E-state index contributed by atoms with van der Waals surface area (Å²) in [4.78, 5) is 38.3. The maximum Gasteiger partial charge on any atom is 0.252 e. The van der Waals surface area contributed by atoms with Gasteiger partial charge in [0.15, 0.2) is 0 Å². The Morgan fingerprint density at radius 1 is 1.08 bits per heavy atom. The predicted molar refractivity (Wildman–Crippen MR) is 92.1 cm³/mol. The standard InChI is InChI=1S/C19H24N2O3/c1-2-17(22)21-14-13-20(15-19(21)24)18(23)12-8-4-7-11-16-9-5-3-6-10-16/h2-3,5-6,9-10H,1,4,7-8,11-15H2. The first-order valence-corrected chi connectivity index (χ1v) is 8.40. The summed E-state index contributed by atoms with van der Waals surface area (Å²) in [6, 6.07) is 10.3. The fourth-order valence-electron chi connectivity index (χ4n) is 2.81. The molecule has 0 N–H and O–H groups in total. The van der Waals surface area contributed by atoms with Crippen molar-refractivity contribution in [3.8, 4) is 0 Å². The topological polar surface area (TPSA) is 57.7 Å². The summed E-state index contributed by atoms with van der Waals surface area (Å²) < 4.78 is 0. The first-order chi connectivity index (χ1) is 11.6. The number of benzene rings is 1. The van der Waals surface area contributed by atoms with Crippen molar-refractivity contribution in [2.75, 3.05) is 19.6 Å². The third-order valence-corrected chi connectivity index (χ3v) is 4.21.